The van der Waals surface area contributed by atoms with Crippen molar-refractivity contribution in [1.82, 2.24) is 0 Å². The van der Waals surface area contributed by atoms with Gasteiger partial charge in [0.25, 0.3) is 0 Å². The molecule has 0 aromatic heterocycles. The molecule has 1 aromatic rings. The van der Waals surface area contributed by atoms with Crippen LogP contribution in [0, 0.1) is 17.8 Å². The molecule has 2 unspecified atom stereocenters. The van der Waals surface area contributed by atoms with Gasteiger partial charge in [-0.2, -0.15) is 0 Å². The molecule has 30 heavy (non-hydrogen) atoms. The highest BCUT2D eigenvalue weighted by Gasteiger charge is 2.40. The van der Waals surface area contributed by atoms with Crippen LogP contribution in [0.3, 0.4) is 0 Å². The minimum absolute atomic E-state index is 0.121. The Kier molecular flexibility index (Phi) is 8.23. The second-order valence-corrected chi connectivity index (χ2v) is 8.55. The maximum atomic E-state index is 14.5. The summed E-state index contributed by atoms with van der Waals surface area (Å²) in [6, 6.07) is 8.24. The lowest BCUT2D eigenvalue weighted by Gasteiger charge is -2.20. The van der Waals surface area contributed by atoms with Crippen LogP contribution in [-0.4, -0.2) is 41.7 Å². The van der Waals surface area contributed by atoms with Gasteiger partial charge in [0.15, 0.2) is 0 Å². The zero-order valence-corrected chi connectivity index (χ0v) is 17.6. The lowest BCUT2D eigenvalue weighted by Crippen LogP contribution is -2.21. The number of benzene rings is 1. The van der Waals surface area contributed by atoms with Crippen LogP contribution in [0.1, 0.15) is 43.2 Å². The first-order valence-electron chi connectivity index (χ1n) is 11.0. The smallest absolute Gasteiger partial charge is 0.305 e. The quantitative estimate of drug-likeness (QED) is 0.364. The molecule has 0 bridgehead atoms. The van der Waals surface area contributed by atoms with Crippen molar-refractivity contribution in [1.29, 1.82) is 0 Å². The van der Waals surface area contributed by atoms with E-state index in [2.05, 4.69) is 16.9 Å². The van der Waals surface area contributed by atoms with E-state index in [0.29, 0.717) is 19.3 Å². The van der Waals surface area contributed by atoms with Gasteiger partial charge in [-0.3, -0.25) is 4.79 Å². The molecule has 164 valence electrons. The fourth-order valence-electron chi connectivity index (χ4n) is 4.74. The number of alkyl halides is 1. The normalized spacial score (nSPS) is 27.7. The highest BCUT2D eigenvalue weighted by Crippen LogP contribution is 2.38. The van der Waals surface area contributed by atoms with Crippen LogP contribution in [0.15, 0.2) is 48.6 Å². The van der Waals surface area contributed by atoms with Crippen molar-refractivity contribution in [2.24, 2.45) is 17.8 Å². The number of carbonyl (C=O) groups is 1. The number of fused-ring (bicyclic) bond motifs is 1. The average molecular weight is 417 g/mol. The Balaban J connectivity index is 1.51. The van der Waals surface area contributed by atoms with Crippen LogP contribution in [0.2, 0.25) is 0 Å². The Bertz CT molecular complexity index is 734. The van der Waals surface area contributed by atoms with Gasteiger partial charge >= 0.3 is 5.97 Å². The largest absolute Gasteiger partial charge is 0.469 e. The molecule has 2 aliphatic rings. The zero-order chi connectivity index (χ0) is 21.5. The van der Waals surface area contributed by atoms with E-state index in [9.17, 15) is 19.4 Å². The number of hydrogen-bond acceptors (Lipinski definition) is 4. The highest BCUT2D eigenvalue weighted by atomic mass is 19.1. The number of halogens is 1. The van der Waals surface area contributed by atoms with E-state index >= 15 is 0 Å². The van der Waals surface area contributed by atoms with Crippen molar-refractivity contribution in [3.63, 3.8) is 0 Å². The van der Waals surface area contributed by atoms with Gasteiger partial charge < -0.3 is 14.9 Å². The molecule has 3 rings (SSSR count). The molecule has 2 aliphatic carbocycles. The molecular weight excluding hydrogens is 383 g/mol. The second-order valence-electron chi connectivity index (χ2n) is 8.55. The summed E-state index contributed by atoms with van der Waals surface area (Å²) in [5.41, 5.74) is 2.56. The molecule has 0 radical (unpaired) electrons. The van der Waals surface area contributed by atoms with E-state index in [1.807, 2.05) is 24.3 Å². The van der Waals surface area contributed by atoms with Gasteiger partial charge in [-0.1, -0.05) is 48.6 Å². The van der Waals surface area contributed by atoms with Crippen LogP contribution in [0.25, 0.3) is 0 Å². The number of aliphatic hydroxyl groups is 2. The number of rotatable bonds is 9. The fraction of sp³-hybridized carbons (Fsp3) is 0.560. The van der Waals surface area contributed by atoms with Crippen molar-refractivity contribution in [3.8, 4) is 0 Å². The molecule has 1 aromatic carbocycles. The summed E-state index contributed by atoms with van der Waals surface area (Å²) in [5, 5.41) is 20.9. The Morgan fingerprint density at radius 2 is 1.97 bits per heavy atom. The monoisotopic (exact) mass is 416 g/mol. The molecule has 5 heteroatoms. The number of ether oxygens (including phenoxy) is 1. The van der Waals surface area contributed by atoms with Gasteiger partial charge in [0.05, 0.1) is 19.3 Å². The average Bonchev–Trinajstić information content (AvgIpc) is 3.29. The Morgan fingerprint density at radius 3 is 2.63 bits per heavy atom. The first kappa shape index (κ1) is 22.7. The van der Waals surface area contributed by atoms with E-state index in [1.54, 1.807) is 12.2 Å². The predicted molar refractivity (Wildman–Crippen MR) is 115 cm³/mol. The third-order valence-corrected chi connectivity index (χ3v) is 6.52. The molecule has 0 amide bonds. The van der Waals surface area contributed by atoms with Gasteiger partial charge in [0.1, 0.15) is 6.17 Å². The summed E-state index contributed by atoms with van der Waals surface area (Å²) < 4.78 is 19.1. The van der Waals surface area contributed by atoms with Crippen molar-refractivity contribution < 1.29 is 24.1 Å². The SMILES string of the molecule is COC(=O)CCCC=CCC1C(C=C[C@H](O)C2Cc3ccccc3C2)[C@@H](F)C[C@@H]1O. The summed E-state index contributed by atoms with van der Waals surface area (Å²) >= 11 is 0. The lowest BCUT2D eigenvalue weighted by molar-refractivity contribution is -0.140. The standard InChI is InChI=1S/C25H33FO4/c1-30-25(29)11-5-3-2-4-10-21-20(22(26)16-24(21)28)12-13-23(27)19-14-17-8-6-7-9-18(17)15-19/h2,4,6-9,12-13,19-24,27-28H,3,5,10-11,14-16H2,1H3/t20?,21?,22-,23-,24-/m0/s1. The van der Waals surface area contributed by atoms with Crippen molar-refractivity contribution in [2.75, 3.05) is 7.11 Å². The minimum Gasteiger partial charge on any atom is -0.469 e. The molecule has 0 saturated heterocycles. The van der Waals surface area contributed by atoms with Gasteiger partial charge in [-0.25, -0.2) is 4.39 Å². The molecule has 0 aliphatic heterocycles. The summed E-state index contributed by atoms with van der Waals surface area (Å²) in [5.74, 6) is -0.681. The highest BCUT2D eigenvalue weighted by molar-refractivity contribution is 5.69. The van der Waals surface area contributed by atoms with Crippen LogP contribution in [0.5, 0.6) is 0 Å². The van der Waals surface area contributed by atoms with E-state index in [-0.39, 0.29) is 24.2 Å². The van der Waals surface area contributed by atoms with Crippen LogP contribution in [0.4, 0.5) is 4.39 Å². The summed E-state index contributed by atoms with van der Waals surface area (Å²) in [4.78, 5) is 11.1. The van der Waals surface area contributed by atoms with Crippen LogP contribution in [-0.2, 0) is 22.4 Å². The summed E-state index contributed by atoms with van der Waals surface area (Å²) in [6.07, 6.45) is 9.32. The van der Waals surface area contributed by atoms with E-state index < -0.39 is 24.3 Å². The number of allylic oxidation sites excluding steroid dienone is 3. The van der Waals surface area contributed by atoms with E-state index in [0.717, 1.165) is 19.3 Å². The molecular formula is C25H33FO4. The third kappa shape index (κ3) is 5.79. The molecule has 0 spiro atoms. The Morgan fingerprint density at radius 1 is 1.27 bits per heavy atom. The number of unbranched alkanes of at least 4 members (excludes halogenated alkanes) is 1. The zero-order valence-electron chi connectivity index (χ0n) is 17.6. The van der Waals surface area contributed by atoms with Gasteiger partial charge in [0.2, 0.25) is 0 Å². The van der Waals surface area contributed by atoms with E-state index in [4.69, 9.17) is 0 Å². The second kappa shape index (κ2) is 10.9. The predicted octanol–water partition coefficient (Wildman–Crippen LogP) is 3.94. The lowest BCUT2D eigenvalue weighted by atomic mass is 9.89. The summed E-state index contributed by atoms with van der Waals surface area (Å²) in [7, 11) is 1.38. The van der Waals surface area contributed by atoms with Gasteiger partial charge in [-0.05, 0) is 55.1 Å². The molecule has 2 N–H and O–H groups in total. The molecule has 1 fully saturated rings. The topological polar surface area (TPSA) is 66.8 Å². The molecule has 1 saturated carbocycles. The van der Waals surface area contributed by atoms with Crippen LogP contribution >= 0.6 is 0 Å². The number of aliphatic hydroxyl groups excluding tert-OH is 2. The van der Waals surface area contributed by atoms with Crippen molar-refractivity contribution >= 4 is 5.97 Å². The summed E-state index contributed by atoms with van der Waals surface area (Å²) in [6.45, 7) is 0. The maximum Gasteiger partial charge on any atom is 0.305 e. The Labute approximate surface area is 178 Å². The number of carbonyl (C=O) groups excluding carboxylic acids is 1. The third-order valence-electron chi connectivity index (χ3n) is 6.52. The van der Waals surface area contributed by atoms with Gasteiger partial charge in [-0.15, -0.1) is 0 Å². The van der Waals surface area contributed by atoms with Crippen LogP contribution < -0.4 is 0 Å². The molecule has 0 heterocycles. The fourth-order valence-corrected chi connectivity index (χ4v) is 4.74. The van der Waals surface area contributed by atoms with Crippen molar-refractivity contribution in [3.05, 3.63) is 59.7 Å². The number of esters is 1. The van der Waals surface area contributed by atoms with Crippen molar-refractivity contribution in [2.45, 2.75) is 63.3 Å². The van der Waals surface area contributed by atoms with E-state index in [1.165, 1.54) is 18.2 Å². The molecule has 4 nitrogen and oxygen atoms in total. The van der Waals surface area contributed by atoms with Gasteiger partial charge in [0, 0.05) is 18.8 Å². The maximum absolute atomic E-state index is 14.5. The first-order valence-corrected chi connectivity index (χ1v) is 11.0. The Hall–Kier alpha value is -1.98. The minimum atomic E-state index is -1.10. The number of methoxy groups -OCH3 is 1. The molecule has 5 atom stereocenters. The number of hydrogen-bond donors (Lipinski definition) is 2. The first-order chi connectivity index (χ1) is 14.5.